The number of hydrogen-bond donors (Lipinski definition) is 1. The maximum atomic E-state index is 13.5. The van der Waals surface area contributed by atoms with E-state index in [9.17, 15) is 14.0 Å². The van der Waals surface area contributed by atoms with E-state index >= 15 is 0 Å². The molecule has 0 fully saturated rings. The van der Waals surface area contributed by atoms with E-state index in [0.29, 0.717) is 19.6 Å². The Morgan fingerprint density at radius 1 is 0.923 bits per heavy atom. The van der Waals surface area contributed by atoms with Gasteiger partial charge in [-0.2, -0.15) is 0 Å². The number of halogens is 1. The molecule has 0 saturated carbocycles. The lowest BCUT2D eigenvalue weighted by molar-refractivity contribution is -0.145. The number of carbonyl (C=O) groups is 2. The topological polar surface area (TPSA) is 55.9 Å². The van der Waals surface area contributed by atoms with E-state index in [1.165, 1.54) is 23.3 Å². The first kappa shape index (κ1) is 29.8. The van der Waals surface area contributed by atoms with Crippen LogP contribution >= 0.6 is 0 Å². The van der Waals surface area contributed by atoms with Crippen LogP contribution in [0.15, 0.2) is 66.7 Å². The fraction of sp³-hybridized carbons (Fsp3) is 0.375. The van der Waals surface area contributed by atoms with Gasteiger partial charge >= 0.3 is 0 Å². The zero-order valence-corrected chi connectivity index (χ0v) is 22.5. The number of hydrazine groups is 1. The Bertz CT molecular complexity index is 1240. The molecule has 3 aromatic rings. The molecule has 0 saturated heterocycles. The van der Waals surface area contributed by atoms with Crippen molar-refractivity contribution in [1.82, 2.24) is 15.3 Å². The molecule has 0 spiro atoms. The number of nitrogens with one attached hydrogen (secondary N) is 1. The molecule has 0 atom stereocenters. The summed E-state index contributed by atoms with van der Waals surface area (Å²) in [6.07, 6.45) is 3.09. The number of aryl methyl sites for hydroxylation is 1. The number of likely N-dealkylation sites (N-methyl/N-ethyl adjacent to an activating group) is 1. The molecule has 3 aromatic carbocycles. The Kier molecular flexibility index (Phi) is 10.6. The zero-order chi connectivity index (χ0) is 27.1. The van der Waals surface area contributed by atoms with Gasteiger partial charge in [-0.15, -0.1) is 0 Å². The van der Waals surface area contributed by atoms with Gasteiger partial charge in [0.2, 0.25) is 5.91 Å². The van der Waals surface area contributed by atoms with Crippen LogP contribution in [0.25, 0.3) is 11.1 Å². The van der Waals surface area contributed by atoms with Crippen LogP contribution in [0.3, 0.4) is 0 Å². The van der Waals surface area contributed by atoms with Gasteiger partial charge < -0.3 is 10.2 Å². The van der Waals surface area contributed by atoms with Gasteiger partial charge in [-0.3, -0.25) is 14.6 Å². The largest absolute Gasteiger partial charge is 0.355 e. The zero-order valence-electron chi connectivity index (χ0n) is 22.5. The number of fused-ring (bicyclic) bond motifs is 1. The molecule has 0 unspecified atom stereocenters. The van der Waals surface area contributed by atoms with E-state index < -0.39 is 0 Å². The number of hydrogen-bond acceptors (Lipinski definition) is 4. The van der Waals surface area contributed by atoms with Gasteiger partial charge in [-0.05, 0) is 65.4 Å². The predicted octanol–water partition coefficient (Wildman–Crippen LogP) is 5.94. The fourth-order valence-electron chi connectivity index (χ4n) is 4.84. The highest BCUT2D eigenvalue weighted by atomic mass is 19.1. The number of amides is 2. The number of carbonyl (C=O) groups excluding carboxylic acids is 2. The highest BCUT2D eigenvalue weighted by Gasteiger charge is 2.27. The van der Waals surface area contributed by atoms with Crippen LogP contribution in [0.5, 0.6) is 0 Å². The van der Waals surface area contributed by atoms with Crippen molar-refractivity contribution in [3.8, 4) is 11.1 Å². The number of benzene rings is 3. The van der Waals surface area contributed by atoms with E-state index in [4.69, 9.17) is 0 Å². The number of anilines is 1. The molecule has 1 heterocycles. The molecular formula is C32H41FN4O2. The minimum atomic E-state index is -0.276. The molecule has 0 radical (unpaired) electrons. The summed E-state index contributed by atoms with van der Waals surface area (Å²) in [6, 6.07) is 20.5. The van der Waals surface area contributed by atoms with Gasteiger partial charge in [0.05, 0.1) is 13.1 Å². The molecule has 39 heavy (non-hydrogen) atoms. The second-order valence-corrected chi connectivity index (χ2v) is 9.93. The van der Waals surface area contributed by atoms with E-state index in [0.717, 1.165) is 41.6 Å². The minimum absolute atomic E-state index is 0. The summed E-state index contributed by atoms with van der Waals surface area (Å²) >= 11 is 0. The Hall–Kier alpha value is -3.71. The molecule has 0 bridgehead atoms. The molecule has 4 rings (SSSR count). The average molecular weight is 533 g/mol. The first-order valence-corrected chi connectivity index (χ1v) is 13.3. The van der Waals surface area contributed by atoms with Crippen LogP contribution in [0.2, 0.25) is 0 Å². The van der Waals surface area contributed by atoms with Crippen LogP contribution in [0.1, 0.15) is 50.3 Å². The van der Waals surface area contributed by atoms with Gasteiger partial charge in [-0.1, -0.05) is 69.7 Å². The summed E-state index contributed by atoms with van der Waals surface area (Å²) < 4.78 is 13.4. The van der Waals surface area contributed by atoms with Gasteiger partial charge in [-0.25, -0.2) is 9.40 Å². The van der Waals surface area contributed by atoms with Crippen LogP contribution in [-0.2, 0) is 22.7 Å². The third-order valence-corrected chi connectivity index (χ3v) is 7.09. The van der Waals surface area contributed by atoms with Gasteiger partial charge in [0.1, 0.15) is 5.82 Å². The third-order valence-electron chi connectivity index (χ3n) is 7.09. The Balaban J connectivity index is 0.00000420. The lowest BCUT2D eigenvalue weighted by atomic mass is 10.0. The molecule has 6 nitrogen and oxygen atoms in total. The smallest absolute Gasteiger partial charge is 0.256 e. The second kappa shape index (κ2) is 13.9. The monoisotopic (exact) mass is 532 g/mol. The van der Waals surface area contributed by atoms with Crippen LogP contribution < -0.4 is 10.2 Å². The standard InChI is InChI=1S/C31H37FN4O2.CH4/c1-4-5-8-17-33-30(37)21-35(22-31(38)34(3)36-19-26-9-6-7-10-27(26)20-36)29-16-13-25(18-23(29)2)24-11-14-28(32)15-12-24;/h6-7,9-16,18H,4-5,8,17,19-22H2,1-3H3,(H,33,37);1H4. The lowest BCUT2D eigenvalue weighted by Crippen LogP contribution is -2.48. The Morgan fingerprint density at radius 3 is 2.18 bits per heavy atom. The maximum Gasteiger partial charge on any atom is 0.256 e. The highest BCUT2D eigenvalue weighted by Crippen LogP contribution is 2.28. The predicted molar refractivity (Wildman–Crippen MR) is 157 cm³/mol. The first-order valence-electron chi connectivity index (χ1n) is 13.3. The molecular weight excluding hydrogens is 491 g/mol. The van der Waals surface area contributed by atoms with Crippen molar-refractivity contribution in [1.29, 1.82) is 0 Å². The summed E-state index contributed by atoms with van der Waals surface area (Å²) in [5, 5.41) is 6.70. The van der Waals surface area contributed by atoms with E-state index in [2.05, 4.69) is 24.4 Å². The summed E-state index contributed by atoms with van der Waals surface area (Å²) in [5.41, 5.74) is 6.07. The van der Waals surface area contributed by atoms with Crippen molar-refractivity contribution in [2.24, 2.45) is 0 Å². The minimum Gasteiger partial charge on any atom is -0.355 e. The van der Waals surface area contributed by atoms with E-state index in [-0.39, 0.29) is 38.1 Å². The highest BCUT2D eigenvalue weighted by molar-refractivity contribution is 5.87. The van der Waals surface area contributed by atoms with Crippen LogP contribution in [-0.4, -0.2) is 48.5 Å². The Labute approximate surface area is 232 Å². The van der Waals surface area contributed by atoms with Gasteiger partial charge in [0.15, 0.2) is 0 Å². The van der Waals surface area contributed by atoms with Crippen molar-refractivity contribution in [2.75, 3.05) is 31.6 Å². The molecule has 208 valence electrons. The summed E-state index contributed by atoms with van der Waals surface area (Å²) in [6.45, 7) is 6.25. The average Bonchev–Trinajstić information content (AvgIpc) is 3.35. The molecule has 0 aromatic heterocycles. The Morgan fingerprint density at radius 2 is 1.56 bits per heavy atom. The molecule has 2 amide bonds. The van der Waals surface area contributed by atoms with Crippen molar-refractivity contribution >= 4 is 17.5 Å². The molecule has 1 aliphatic heterocycles. The van der Waals surface area contributed by atoms with E-state index in [1.807, 2.05) is 47.2 Å². The fourth-order valence-corrected chi connectivity index (χ4v) is 4.84. The van der Waals surface area contributed by atoms with Crippen molar-refractivity contribution in [3.05, 3.63) is 89.2 Å². The normalized spacial score (nSPS) is 12.4. The van der Waals surface area contributed by atoms with Crippen molar-refractivity contribution in [2.45, 2.75) is 53.6 Å². The number of unbranched alkanes of at least 4 members (excludes halogenated alkanes) is 2. The van der Waals surface area contributed by atoms with Crippen molar-refractivity contribution in [3.63, 3.8) is 0 Å². The lowest BCUT2D eigenvalue weighted by Gasteiger charge is -2.32. The van der Waals surface area contributed by atoms with E-state index in [1.54, 1.807) is 24.2 Å². The van der Waals surface area contributed by atoms with Crippen molar-refractivity contribution < 1.29 is 14.0 Å². The maximum absolute atomic E-state index is 13.5. The van der Waals surface area contributed by atoms with Gasteiger partial charge in [0.25, 0.3) is 5.91 Å². The number of rotatable bonds is 11. The molecule has 7 heteroatoms. The molecule has 1 N–H and O–H groups in total. The third kappa shape index (κ3) is 7.67. The summed E-state index contributed by atoms with van der Waals surface area (Å²) in [7, 11) is 1.79. The van der Waals surface area contributed by atoms with Crippen LogP contribution in [0, 0.1) is 12.7 Å². The quantitative estimate of drug-likeness (QED) is 0.311. The first-order chi connectivity index (χ1) is 18.4. The summed E-state index contributed by atoms with van der Waals surface area (Å²) in [4.78, 5) is 28.2. The SMILES string of the molecule is C.CCCCCNC(=O)CN(CC(=O)N(C)N1Cc2ccccc2C1)c1ccc(-c2ccc(F)cc2)cc1C. The molecule has 0 aliphatic carbocycles. The second-order valence-electron chi connectivity index (χ2n) is 9.93. The van der Waals surface area contributed by atoms with Crippen LogP contribution in [0.4, 0.5) is 10.1 Å². The van der Waals surface area contributed by atoms with Gasteiger partial charge in [0, 0.05) is 32.4 Å². The number of nitrogens with zero attached hydrogens (tertiary/aromatic N) is 3. The summed E-state index contributed by atoms with van der Waals surface area (Å²) in [5.74, 6) is -0.465. The molecule has 1 aliphatic rings.